The molecule has 0 amide bonds. The molecule has 0 bridgehead atoms. The standard InChI is InChI=1S/C14H21FN4O2/c15-12-2-1-11(13(9-12)14(16)17-21)10-19-5-3-18(4-6-19)7-8-20/h1-2,9,20-21H,3-8,10H2,(H2,16,17). The van der Waals surface area contributed by atoms with Gasteiger partial charge in [-0.3, -0.25) is 9.80 Å². The summed E-state index contributed by atoms with van der Waals surface area (Å²) in [5.41, 5.74) is 6.87. The van der Waals surface area contributed by atoms with Crippen LogP contribution in [0.5, 0.6) is 0 Å². The highest BCUT2D eigenvalue weighted by molar-refractivity contribution is 5.98. The molecule has 6 nitrogen and oxygen atoms in total. The molecule has 1 heterocycles. The van der Waals surface area contributed by atoms with Crippen molar-refractivity contribution in [3.8, 4) is 0 Å². The van der Waals surface area contributed by atoms with Crippen LogP contribution in [0.2, 0.25) is 0 Å². The van der Waals surface area contributed by atoms with Crippen molar-refractivity contribution in [2.45, 2.75) is 6.54 Å². The van der Waals surface area contributed by atoms with E-state index in [1.54, 1.807) is 6.07 Å². The maximum atomic E-state index is 13.3. The number of nitrogens with two attached hydrogens (primary N) is 1. The fourth-order valence-corrected chi connectivity index (χ4v) is 2.53. The number of rotatable bonds is 5. The minimum Gasteiger partial charge on any atom is -0.409 e. The van der Waals surface area contributed by atoms with Crippen molar-refractivity contribution in [2.75, 3.05) is 39.3 Å². The second-order valence-electron chi connectivity index (χ2n) is 5.13. The lowest BCUT2D eigenvalue weighted by Gasteiger charge is -2.34. The molecule has 1 saturated heterocycles. The van der Waals surface area contributed by atoms with Crippen molar-refractivity contribution >= 4 is 5.84 Å². The van der Waals surface area contributed by atoms with Crippen LogP contribution in [0.3, 0.4) is 0 Å². The first kappa shape index (κ1) is 15.7. The Morgan fingerprint density at radius 2 is 1.90 bits per heavy atom. The Bertz CT molecular complexity index is 502. The highest BCUT2D eigenvalue weighted by Gasteiger charge is 2.18. The molecule has 7 heteroatoms. The Morgan fingerprint density at radius 1 is 1.24 bits per heavy atom. The number of benzene rings is 1. The van der Waals surface area contributed by atoms with Gasteiger partial charge in [0.25, 0.3) is 0 Å². The highest BCUT2D eigenvalue weighted by atomic mass is 19.1. The summed E-state index contributed by atoms with van der Waals surface area (Å²) in [6.45, 7) is 5.01. The Kier molecular flexibility index (Phi) is 5.49. The Hall–Kier alpha value is -1.70. The van der Waals surface area contributed by atoms with Crippen molar-refractivity contribution in [2.24, 2.45) is 10.9 Å². The average Bonchev–Trinajstić information content (AvgIpc) is 2.50. The molecule has 1 aromatic carbocycles. The normalized spacial score (nSPS) is 18.1. The lowest BCUT2D eigenvalue weighted by atomic mass is 10.1. The summed E-state index contributed by atoms with van der Waals surface area (Å²) in [4.78, 5) is 4.43. The van der Waals surface area contributed by atoms with Crippen molar-refractivity contribution in [1.29, 1.82) is 0 Å². The summed E-state index contributed by atoms with van der Waals surface area (Å²) in [5.74, 6) is -0.489. The monoisotopic (exact) mass is 296 g/mol. The molecule has 1 aliphatic heterocycles. The van der Waals surface area contributed by atoms with Crippen LogP contribution in [-0.4, -0.2) is 65.3 Å². The summed E-state index contributed by atoms with van der Waals surface area (Å²) >= 11 is 0. The maximum Gasteiger partial charge on any atom is 0.170 e. The lowest BCUT2D eigenvalue weighted by molar-refractivity contribution is 0.108. The van der Waals surface area contributed by atoms with Gasteiger partial charge in [-0.2, -0.15) is 0 Å². The Labute approximate surface area is 123 Å². The van der Waals surface area contributed by atoms with E-state index in [0.717, 1.165) is 31.7 Å². The Balaban J connectivity index is 2.04. The number of nitrogens with zero attached hydrogens (tertiary/aromatic N) is 3. The number of β-amino-alcohol motifs (C(OH)–C–C–N with tert-alkyl or cyclic N) is 1. The molecule has 21 heavy (non-hydrogen) atoms. The van der Waals surface area contributed by atoms with E-state index in [4.69, 9.17) is 16.0 Å². The summed E-state index contributed by atoms with van der Waals surface area (Å²) in [6.07, 6.45) is 0. The van der Waals surface area contributed by atoms with Gasteiger partial charge in [0, 0.05) is 44.8 Å². The molecule has 0 radical (unpaired) electrons. The van der Waals surface area contributed by atoms with Crippen LogP contribution < -0.4 is 5.73 Å². The zero-order chi connectivity index (χ0) is 15.2. The van der Waals surface area contributed by atoms with E-state index in [-0.39, 0.29) is 12.4 Å². The van der Waals surface area contributed by atoms with E-state index in [0.29, 0.717) is 18.7 Å². The first-order valence-corrected chi connectivity index (χ1v) is 6.96. The maximum absolute atomic E-state index is 13.3. The number of hydrogen-bond acceptors (Lipinski definition) is 5. The van der Waals surface area contributed by atoms with E-state index in [9.17, 15) is 4.39 Å². The molecule has 1 fully saturated rings. The predicted molar refractivity (Wildman–Crippen MR) is 77.7 cm³/mol. The van der Waals surface area contributed by atoms with Crippen LogP contribution >= 0.6 is 0 Å². The van der Waals surface area contributed by atoms with Crippen LogP contribution in [-0.2, 0) is 6.54 Å². The van der Waals surface area contributed by atoms with Gasteiger partial charge in [0.15, 0.2) is 5.84 Å². The molecule has 0 aromatic heterocycles. The smallest absolute Gasteiger partial charge is 0.170 e. The van der Waals surface area contributed by atoms with E-state index in [1.165, 1.54) is 12.1 Å². The van der Waals surface area contributed by atoms with E-state index >= 15 is 0 Å². The van der Waals surface area contributed by atoms with E-state index in [2.05, 4.69) is 15.0 Å². The number of halogens is 1. The van der Waals surface area contributed by atoms with Crippen LogP contribution in [0.1, 0.15) is 11.1 Å². The van der Waals surface area contributed by atoms with Gasteiger partial charge < -0.3 is 16.0 Å². The van der Waals surface area contributed by atoms with Gasteiger partial charge in [0.05, 0.1) is 6.61 Å². The SMILES string of the molecule is NC(=NO)c1cc(F)ccc1CN1CCN(CCO)CC1. The zero-order valence-corrected chi connectivity index (χ0v) is 11.9. The average molecular weight is 296 g/mol. The third-order valence-corrected chi connectivity index (χ3v) is 3.73. The number of amidine groups is 1. The molecule has 0 saturated carbocycles. The van der Waals surface area contributed by atoms with Gasteiger partial charge in [-0.1, -0.05) is 11.2 Å². The van der Waals surface area contributed by atoms with Crippen LogP contribution in [0.4, 0.5) is 4.39 Å². The molecule has 0 aliphatic carbocycles. The largest absolute Gasteiger partial charge is 0.409 e. The lowest BCUT2D eigenvalue weighted by Crippen LogP contribution is -2.46. The van der Waals surface area contributed by atoms with Crippen molar-refractivity contribution < 1.29 is 14.7 Å². The number of aliphatic hydroxyl groups is 1. The zero-order valence-electron chi connectivity index (χ0n) is 11.9. The highest BCUT2D eigenvalue weighted by Crippen LogP contribution is 2.15. The number of oxime groups is 1. The molecule has 4 N–H and O–H groups in total. The van der Waals surface area contributed by atoms with Gasteiger partial charge in [0.2, 0.25) is 0 Å². The third-order valence-electron chi connectivity index (χ3n) is 3.73. The number of aliphatic hydroxyl groups excluding tert-OH is 1. The van der Waals surface area contributed by atoms with Gasteiger partial charge in [-0.15, -0.1) is 0 Å². The molecular weight excluding hydrogens is 275 g/mol. The molecule has 1 aliphatic rings. The summed E-state index contributed by atoms with van der Waals surface area (Å²) in [6, 6.07) is 4.33. The minimum atomic E-state index is -0.409. The topological polar surface area (TPSA) is 85.3 Å². The second kappa shape index (κ2) is 7.35. The van der Waals surface area contributed by atoms with Gasteiger partial charge >= 0.3 is 0 Å². The van der Waals surface area contributed by atoms with E-state index in [1.807, 2.05) is 0 Å². The predicted octanol–water partition coefficient (Wildman–Crippen LogP) is 0.0301. The van der Waals surface area contributed by atoms with Gasteiger partial charge in [-0.05, 0) is 17.7 Å². The fourth-order valence-electron chi connectivity index (χ4n) is 2.53. The molecule has 0 unspecified atom stereocenters. The molecule has 116 valence electrons. The minimum absolute atomic E-state index is 0.0802. The molecule has 2 rings (SSSR count). The first-order chi connectivity index (χ1) is 10.1. The van der Waals surface area contributed by atoms with Gasteiger partial charge in [-0.25, -0.2) is 4.39 Å². The van der Waals surface area contributed by atoms with Crippen LogP contribution in [0, 0.1) is 5.82 Å². The molecule has 0 atom stereocenters. The summed E-state index contributed by atoms with van der Waals surface area (Å²) in [5, 5.41) is 20.7. The number of hydrogen-bond donors (Lipinski definition) is 3. The second-order valence-corrected chi connectivity index (χ2v) is 5.13. The van der Waals surface area contributed by atoms with Crippen molar-refractivity contribution in [3.63, 3.8) is 0 Å². The first-order valence-electron chi connectivity index (χ1n) is 6.96. The van der Waals surface area contributed by atoms with Crippen molar-refractivity contribution in [1.82, 2.24) is 9.80 Å². The summed E-state index contributed by atoms with van der Waals surface area (Å²) < 4.78 is 13.3. The third kappa shape index (κ3) is 4.13. The molecular formula is C14H21FN4O2. The molecule has 1 aromatic rings. The van der Waals surface area contributed by atoms with Crippen molar-refractivity contribution in [3.05, 3.63) is 35.1 Å². The fraction of sp³-hybridized carbons (Fsp3) is 0.500. The quantitative estimate of drug-likeness (QED) is 0.309. The van der Waals surface area contributed by atoms with Gasteiger partial charge in [0.1, 0.15) is 5.82 Å². The molecule has 0 spiro atoms. The van der Waals surface area contributed by atoms with Crippen LogP contribution in [0.25, 0.3) is 0 Å². The Morgan fingerprint density at radius 3 is 2.52 bits per heavy atom. The van der Waals surface area contributed by atoms with E-state index < -0.39 is 5.82 Å². The van der Waals surface area contributed by atoms with Crippen LogP contribution in [0.15, 0.2) is 23.4 Å². The number of piperazine rings is 1. The summed E-state index contributed by atoms with van der Waals surface area (Å²) in [7, 11) is 0.